The summed E-state index contributed by atoms with van der Waals surface area (Å²) in [5.74, 6) is 0.152. The number of H-pyrrole nitrogens is 1. The van der Waals surface area contributed by atoms with E-state index in [1.165, 1.54) is 12.8 Å². The number of carbonyl (C=O) groups excluding carboxylic acids is 1. The molecule has 0 unspecified atom stereocenters. The van der Waals surface area contributed by atoms with Crippen LogP contribution in [0.25, 0.3) is 11.0 Å². The van der Waals surface area contributed by atoms with Gasteiger partial charge in [-0.2, -0.15) is 0 Å². The molecule has 3 aromatic rings. The topological polar surface area (TPSA) is 79.8 Å². The van der Waals surface area contributed by atoms with Crippen LogP contribution in [0, 0.1) is 0 Å². The summed E-state index contributed by atoms with van der Waals surface area (Å²) in [6.07, 6.45) is 8.52. The number of fused-ring (bicyclic) bond motifs is 2. The Morgan fingerprint density at radius 3 is 2.75 bits per heavy atom. The first-order chi connectivity index (χ1) is 13.7. The molecule has 28 heavy (non-hydrogen) atoms. The Balaban J connectivity index is 1.53. The van der Waals surface area contributed by atoms with Crippen molar-refractivity contribution in [2.75, 3.05) is 5.32 Å². The largest absolute Gasteiger partial charge is 0.325 e. The van der Waals surface area contributed by atoms with Crippen molar-refractivity contribution >= 4 is 22.9 Å². The van der Waals surface area contributed by atoms with Crippen LogP contribution >= 0.6 is 0 Å². The lowest BCUT2D eigenvalue weighted by Gasteiger charge is -2.18. The van der Waals surface area contributed by atoms with Crippen molar-refractivity contribution in [2.24, 2.45) is 0 Å². The van der Waals surface area contributed by atoms with Gasteiger partial charge in [-0.3, -0.25) is 14.9 Å². The van der Waals surface area contributed by atoms with Gasteiger partial charge in [0.15, 0.2) is 0 Å². The SMILES string of the molecule is O=C(Nc1nc2ccccc2n1C1CCCC1)c1cc2c([nH]c1=O)CCCC2. The number of anilines is 1. The van der Waals surface area contributed by atoms with Gasteiger partial charge in [0.05, 0.1) is 11.0 Å². The van der Waals surface area contributed by atoms with Gasteiger partial charge in [-0.05, 0) is 62.3 Å². The summed E-state index contributed by atoms with van der Waals surface area (Å²) in [6, 6.07) is 10.1. The lowest BCUT2D eigenvalue weighted by Crippen LogP contribution is -2.27. The molecule has 1 saturated carbocycles. The monoisotopic (exact) mass is 376 g/mol. The molecule has 1 fully saturated rings. The van der Waals surface area contributed by atoms with Crippen molar-refractivity contribution in [3.05, 3.63) is 57.5 Å². The highest BCUT2D eigenvalue weighted by molar-refractivity contribution is 6.04. The molecule has 144 valence electrons. The molecule has 2 heterocycles. The lowest BCUT2D eigenvalue weighted by atomic mass is 9.95. The van der Waals surface area contributed by atoms with E-state index in [9.17, 15) is 9.59 Å². The molecule has 1 amide bonds. The smallest absolute Gasteiger partial charge is 0.263 e. The first-order valence-electron chi connectivity index (χ1n) is 10.2. The predicted molar refractivity (Wildman–Crippen MR) is 109 cm³/mol. The fourth-order valence-corrected chi connectivity index (χ4v) is 4.68. The normalized spacial score (nSPS) is 17.0. The molecule has 2 aliphatic carbocycles. The number of nitrogens with zero attached hydrogens (tertiary/aromatic N) is 2. The summed E-state index contributed by atoms with van der Waals surface area (Å²) in [6.45, 7) is 0. The standard InChI is InChI=1S/C22H24N4O2/c27-20-16(13-14-7-1-4-10-17(14)23-20)21(28)25-22-24-18-11-5-6-12-19(18)26(22)15-8-2-3-9-15/h5-6,11-13,15H,1-4,7-10H2,(H,23,27)(H,24,25,28). The van der Waals surface area contributed by atoms with E-state index in [0.717, 1.165) is 60.8 Å². The molecule has 2 aliphatic rings. The third-order valence-electron chi connectivity index (χ3n) is 6.09. The van der Waals surface area contributed by atoms with Crippen molar-refractivity contribution in [2.45, 2.75) is 57.4 Å². The minimum atomic E-state index is -0.385. The molecular formula is C22H24N4O2. The highest BCUT2D eigenvalue weighted by Gasteiger charge is 2.25. The molecule has 0 atom stereocenters. The van der Waals surface area contributed by atoms with Crippen LogP contribution in [-0.2, 0) is 12.8 Å². The number of hydrogen-bond donors (Lipinski definition) is 2. The van der Waals surface area contributed by atoms with Crippen molar-refractivity contribution < 1.29 is 4.79 Å². The van der Waals surface area contributed by atoms with E-state index in [0.29, 0.717) is 12.0 Å². The second-order valence-electron chi connectivity index (χ2n) is 7.91. The van der Waals surface area contributed by atoms with Crippen molar-refractivity contribution in [3.8, 4) is 0 Å². The van der Waals surface area contributed by atoms with Gasteiger partial charge in [0, 0.05) is 11.7 Å². The second kappa shape index (κ2) is 6.93. The van der Waals surface area contributed by atoms with E-state index in [1.807, 2.05) is 24.3 Å². The van der Waals surface area contributed by atoms with Crippen LogP contribution in [0.1, 0.15) is 66.2 Å². The molecule has 0 saturated heterocycles. The van der Waals surface area contributed by atoms with Gasteiger partial charge >= 0.3 is 0 Å². The van der Waals surface area contributed by atoms with Crippen LogP contribution < -0.4 is 10.9 Å². The molecule has 6 heteroatoms. The van der Waals surface area contributed by atoms with Gasteiger partial charge in [0.1, 0.15) is 5.56 Å². The molecule has 2 aromatic heterocycles. The fourth-order valence-electron chi connectivity index (χ4n) is 4.68. The van der Waals surface area contributed by atoms with Gasteiger partial charge < -0.3 is 9.55 Å². The molecular weight excluding hydrogens is 352 g/mol. The first kappa shape index (κ1) is 17.2. The van der Waals surface area contributed by atoms with Crippen molar-refractivity contribution in [3.63, 3.8) is 0 Å². The average molecular weight is 376 g/mol. The number of imidazole rings is 1. The maximum absolute atomic E-state index is 13.0. The third-order valence-corrected chi connectivity index (χ3v) is 6.09. The zero-order valence-corrected chi connectivity index (χ0v) is 15.8. The molecule has 5 rings (SSSR count). The highest BCUT2D eigenvalue weighted by atomic mass is 16.2. The Kier molecular flexibility index (Phi) is 4.26. The summed E-state index contributed by atoms with van der Waals surface area (Å²) >= 11 is 0. The molecule has 0 aliphatic heterocycles. The molecule has 1 aromatic carbocycles. The number of aromatic amines is 1. The van der Waals surface area contributed by atoms with Gasteiger partial charge in [-0.15, -0.1) is 0 Å². The number of para-hydroxylation sites is 2. The van der Waals surface area contributed by atoms with E-state index in [-0.39, 0.29) is 17.0 Å². The number of amides is 1. The number of carbonyl (C=O) groups is 1. The molecule has 2 N–H and O–H groups in total. The minimum absolute atomic E-state index is 0.172. The lowest BCUT2D eigenvalue weighted by molar-refractivity contribution is 0.102. The van der Waals surface area contributed by atoms with E-state index < -0.39 is 0 Å². The van der Waals surface area contributed by atoms with Crippen molar-refractivity contribution in [1.82, 2.24) is 14.5 Å². The Bertz CT molecular complexity index is 1110. The first-order valence-corrected chi connectivity index (χ1v) is 10.2. The number of hydrogen-bond acceptors (Lipinski definition) is 3. The third kappa shape index (κ3) is 2.93. The second-order valence-corrected chi connectivity index (χ2v) is 7.91. The van der Waals surface area contributed by atoms with Crippen LogP contribution in [0.4, 0.5) is 5.95 Å². The Morgan fingerprint density at radius 1 is 1.11 bits per heavy atom. The quantitative estimate of drug-likeness (QED) is 0.726. The summed E-state index contributed by atoms with van der Waals surface area (Å²) in [4.78, 5) is 33.0. The minimum Gasteiger partial charge on any atom is -0.325 e. The number of aryl methyl sites for hydroxylation is 2. The number of nitrogens with one attached hydrogen (secondary N) is 2. The molecule has 6 nitrogen and oxygen atoms in total. The number of benzene rings is 1. The molecule has 0 spiro atoms. The van der Waals surface area contributed by atoms with Crippen LogP contribution in [0.5, 0.6) is 0 Å². The van der Waals surface area contributed by atoms with Crippen molar-refractivity contribution in [1.29, 1.82) is 0 Å². The zero-order chi connectivity index (χ0) is 19.1. The Labute approximate surface area is 163 Å². The maximum Gasteiger partial charge on any atom is 0.263 e. The van der Waals surface area contributed by atoms with Gasteiger partial charge in [-0.1, -0.05) is 25.0 Å². The van der Waals surface area contributed by atoms with Crippen LogP contribution in [0.3, 0.4) is 0 Å². The number of aromatic nitrogens is 3. The number of pyridine rings is 1. The van der Waals surface area contributed by atoms with Crippen LogP contribution in [-0.4, -0.2) is 20.4 Å². The van der Waals surface area contributed by atoms with Gasteiger partial charge in [0.2, 0.25) is 5.95 Å². The van der Waals surface area contributed by atoms with E-state index in [2.05, 4.69) is 19.9 Å². The average Bonchev–Trinajstić information content (AvgIpc) is 3.34. The van der Waals surface area contributed by atoms with Gasteiger partial charge in [0.25, 0.3) is 11.5 Å². The van der Waals surface area contributed by atoms with Crippen LogP contribution in [0.15, 0.2) is 35.1 Å². The van der Waals surface area contributed by atoms with E-state index in [1.54, 1.807) is 6.07 Å². The molecule has 0 bridgehead atoms. The Morgan fingerprint density at radius 2 is 1.89 bits per heavy atom. The molecule has 0 radical (unpaired) electrons. The zero-order valence-electron chi connectivity index (χ0n) is 15.8. The predicted octanol–water partition coefficient (Wildman–Crippen LogP) is 3.97. The summed E-state index contributed by atoms with van der Waals surface area (Å²) in [5.41, 5.74) is 3.81. The highest BCUT2D eigenvalue weighted by Crippen LogP contribution is 2.35. The fraction of sp³-hybridized carbons (Fsp3) is 0.409. The number of rotatable bonds is 3. The Hall–Kier alpha value is -2.89. The summed E-state index contributed by atoms with van der Waals surface area (Å²) in [7, 11) is 0. The van der Waals surface area contributed by atoms with E-state index >= 15 is 0 Å². The maximum atomic E-state index is 13.0. The summed E-state index contributed by atoms with van der Waals surface area (Å²) < 4.78 is 2.15. The van der Waals surface area contributed by atoms with E-state index in [4.69, 9.17) is 0 Å². The van der Waals surface area contributed by atoms with Crippen LogP contribution in [0.2, 0.25) is 0 Å². The summed E-state index contributed by atoms with van der Waals surface area (Å²) in [5, 5.41) is 2.93. The van der Waals surface area contributed by atoms with Gasteiger partial charge in [-0.25, -0.2) is 4.98 Å².